The molecule has 0 amide bonds. The van der Waals surface area contributed by atoms with E-state index in [2.05, 4.69) is 15.9 Å². The standard InChI is InChI=1S/C8H6BrF4N/c9-3-5-6(10)1-4(2-7(5)14)8(11,12)13/h1-2H,3,14H2. The molecule has 1 rings (SSSR count). The van der Waals surface area contributed by atoms with Gasteiger partial charge in [-0.2, -0.15) is 13.2 Å². The Balaban J connectivity index is 3.28. The van der Waals surface area contributed by atoms with Crippen LogP contribution < -0.4 is 5.73 Å². The first-order valence-corrected chi connectivity index (χ1v) is 4.69. The highest BCUT2D eigenvalue weighted by Gasteiger charge is 2.31. The van der Waals surface area contributed by atoms with Crippen molar-refractivity contribution in [2.45, 2.75) is 11.5 Å². The van der Waals surface area contributed by atoms with E-state index < -0.39 is 17.6 Å². The molecule has 0 saturated carbocycles. The molecule has 0 spiro atoms. The van der Waals surface area contributed by atoms with Gasteiger partial charge in [0.15, 0.2) is 0 Å². The number of alkyl halides is 4. The van der Waals surface area contributed by atoms with Gasteiger partial charge in [0, 0.05) is 16.6 Å². The van der Waals surface area contributed by atoms with Crippen LogP contribution in [0, 0.1) is 5.82 Å². The first-order valence-electron chi connectivity index (χ1n) is 3.57. The molecule has 0 saturated heterocycles. The predicted molar refractivity (Wildman–Crippen MR) is 48.4 cm³/mol. The molecule has 2 N–H and O–H groups in total. The molecule has 78 valence electrons. The van der Waals surface area contributed by atoms with Crippen LogP contribution in [0.2, 0.25) is 0 Å². The van der Waals surface area contributed by atoms with Crippen LogP contribution in [0.1, 0.15) is 11.1 Å². The Kier molecular flexibility index (Phi) is 3.04. The van der Waals surface area contributed by atoms with Crippen molar-refractivity contribution in [1.82, 2.24) is 0 Å². The molecule has 0 fully saturated rings. The zero-order chi connectivity index (χ0) is 10.9. The topological polar surface area (TPSA) is 26.0 Å². The van der Waals surface area contributed by atoms with Crippen molar-refractivity contribution in [2.24, 2.45) is 0 Å². The molecule has 0 aliphatic rings. The lowest BCUT2D eigenvalue weighted by Crippen LogP contribution is -2.08. The van der Waals surface area contributed by atoms with Crippen LogP contribution in [0.5, 0.6) is 0 Å². The van der Waals surface area contributed by atoms with E-state index in [0.717, 1.165) is 6.07 Å². The molecule has 0 aliphatic carbocycles. The highest BCUT2D eigenvalue weighted by Crippen LogP contribution is 2.33. The molecule has 14 heavy (non-hydrogen) atoms. The third kappa shape index (κ3) is 2.17. The fourth-order valence-electron chi connectivity index (χ4n) is 0.962. The fraction of sp³-hybridized carbons (Fsp3) is 0.250. The molecule has 0 aromatic heterocycles. The van der Waals surface area contributed by atoms with Crippen LogP contribution in [-0.4, -0.2) is 0 Å². The Morgan fingerprint density at radius 1 is 1.29 bits per heavy atom. The number of anilines is 1. The summed E-state index contributed by atoms with van der Waals surface area (Å²) in [7, 11) is 0. The highest BCUT2D eigenvalue weighted by atomic mass is 79.9. The van der Waals surface area contributed by atoms with Crippen molar-refractivity contribution < 1.29 is 17.6 Å². The van der Waals surface area contributed by atoms with E-state index in [1.807, 2.05) is 0 Å². The van der Waals surface area contributed by atoms with Gasteiger partial charge in [-0.3, -0.25) is 0 Å². The van der Waals surface area contributed by atoms with Crippen LogP contribution in [0.25, 0.3) is 0 Å². The summed E-state index contributed by atoms with van der Waals surface area (Å²) >= 11 is 2.93. The molecule has 0 radical (unpaired) electrons. The number of nitrogen functional groups attached to an aromatic ring is 1. The smallest absolute Gasteiger partial charge is 0.398 e. The van der Waals surface area contributed by atoms with Gasteiger partial charge in [-0.05, 0) is 12.1 Å². The summed E-state index contributed by atoms with van der Waals surface area (Å²) in [4.78, 5) is 0. The van der Waals surface area contributed by atoms with Crippen molar-refractivity contribution >= 4 is 21.6 Å². The lowest BCUT2D eigenvalue weighted by atomic mass is 10.1. The maximum Gasteiger partial charge on any atom is 0.416 e. The van der Waals surface area contributed by atoms with Crippen molar-refractivity contribution in [1.29, 1.82) is 0 Å². The fourth-order valence-corrected chi connectivity index (χ4v) is 1.55. The predicted octanol–water partition coefficient (Wildman–Crippen LogP) is 3.32. The van der Waals surface area contributed by atoms with Crippen LogP contribution in [0.4, 0.5) is 23.2 Å². The summed E-state index contributed by atoms with van der Waals surface area (Å²) in [6.45, 7) is 0. The zero-order valence-electron chi connectivity index (χ0n) is 6.83. The van der Waals surface area contributed by atoms with Gasteiger partial charge in [0.2, 0.25) is 0 Å². The summed E-state index contributed by atoms with van der Waals surface area (Å²) in [5.41, 5.74) is 4.03. The maximum absolute atomic E-state index is 13.0. The average molecular weight is 272 g/mol. The minimum atomic E-state index is -4.57. The first-order chi connectivity index (χ1) is 6.36. The van der Waals surface area contributed by atoms with E-state index in [9.17, 15) is 17.6 Å². The normalized spacial score (nSPS) is 11.8. The number of benzene rings is 1. The van der Waals surface area contributed by atoms with Crippen LogP contribution in [0.15, 0.2) is 12.1 Å². The van der Waals surface area contributed by atoms with Gasteiger partial charge in [0.05, 0.1) is 5.56 Å². The minimum absolute atomic E-state index is 0.0398. The van der Waals surface area contributed by atoms with Gasteiger partial charge < -0.3 is 5.73 Å². The largest absolute Gasteiger partial charge is 0.416 e. The minimum Gasteiger partial charge on any atom is -0.398 e. The zero-order valence-corrected chi connectivity index (χ0v) is 8.41. The second kappa shape index (κ2) is 3.76. The van der Waals surface area contributed by atoms with Crippen LogP contribution >= 0.6 is 15.9 Å². The van der Waals surface area contributed by atoms with Crippen molar-refractivity contribution in [2.75, 3.05) is 5.73 Å². The van der Waals surface area contributed by atoms with E-state index in [0.29, 0.717) is 6.07 Å². The van der Waals surface area contributed by atoms with E-state index in [4.69, 9.17) is 5.73 Å². The third-order valence-electron chi connectivity index (χ3n) is 1.69. The van der Waals surface area contributed by atoms with Gasteiger partial charge in [-0.15, -0.1) is 0 Å². The van der Waals surface area contributed by atoms with E-state index >= 15 is 0 Å². The Labute approximate surface area is 86.0 Å². The molecule has 0 unspecified atom stereocenters. The first kappa shape index (κ1) is 11.3. The van der Waals surface area contributed by atoms with Gasteiger partial charge >= 0.3 is 6.18 Å². The second-order valence-corrected chi connectivity index (χ2v) is 3.22. The number of halogens is 5. The Bertz CT molecular complexity index is 325. The molecule has 1 aromatic carbocycles. The molecule has 6 heteroatoms. The van der Waals surface area contributed by atoms with Crippen LogP contribution in [-0.2, 0) is 11.5 Å². The van der Waals surface area contributed by atoms with Crippen LogP contribution in [0.3, 0.4) is 0 Å². The van der Waals surface area contributed by atoms with Crippen molar-refractivity contribution in [3.05, 3.63) is 29.1 Å². The summed E-state index contributed by atoms with van der Waals surface area (Å²) in [5, 5.41) is 0.0861. The maximum atomic E-state index is 13.0. The Morgan fingerprint density at radius 3 is 2.21 bits per heavy atom. The lowest BCUT2D eigenvalue weighted by Gasteiger charge is -2.10. The SMILES string of the molecule is Nc1cc(C(F)(F)F)cc(F)c1CBr. The molecule has 1 aromatic rings. The second-order valence-electron chi connectivity index (χ2n) is 2.66. The van der Waals surface area contributed by atoms with Crippen molar-refractivity contribution in [3.63, 3.8) is 0 Å². The summed E-state index contributed by atoms with van der Waals surface area (Å²) in [5.74, 6) is -0.950. The monoisotopic (exact) mass is 271 g/mol. The average Bonchev–Trinajstić information content (AvgIpc) is 2.01. The summed E-state index contributed by atoms with van der Waals surface area (Å²) in [6.07, 6.45) is -4.57. The van der Waals surface area contributed by atoms with Gasteiger partial charge in [-0.1, -0.05) is 15.9 Å². The molecule has 0 heterocycles. The Morgan fingerprint density at radius 2 is 1.86 bits per heavy atom. The quantitative estimate of drug-likeness (QED) is 0.473. The number of nitrogens with two attached hydrogens (primary N) is 1. The Hall–Kier alpha value is -0.780. The van der Waals surface area contributed by atoms with Gasteiger partial charge in [0.1, 0.15) is 5.82 Å². The lowest BCUT2D eigenvalue weighted by molar-refractivity contribution is -0.137. The summed E-state index contributed by atoms with van der Waals surface area (Å²) in [6, 6.07) is 1.16. The van der Waals surface area contributed by atoms with E-state index in [1.54, 1.807) is 0 Å². The van der Waals surface area contributed by atoms with Gasteiger partial charge in [0.25, 0.3) is 0 Å². The molecular formula is C8H6BrF4N. The molecule has 1 nitrogen and oxygen atoms in total. The number of hydrogen-bond acceptors (Lipinski definition) is 1. The van der Waals surface area contributed by atoms with E-state index in [-0.39, 0.29) is 16.6 Å². The highest BCUT2D eigenvalue weighted by molar-refractivity contribution is 9.08. The third-order valence-corrected chi connectivity index (χ3v) is 2.25. The molecular weight excluding hydrogens is 266 g/mol. The number of rotatable bonds is 1. The molecule has 0 aliphatic heterocycles. The molecule has 0 bridgehead atoms. The summed E-state index contributed by atoms with van der Waals surface area (Å²) < 4.78 is 49.5. The van der Waals surface area contributed by atoms with Crippen molar-refractivity contribution in [3.8, 4) is 0 Å². The molecule has 0 atom stereocenters. The van der Waals surface area contributed by atoms with Gasteiger partial charge in [-0.25, -0.2) is 4.39 Å². The number of hydrogen-bond donors (Lipinski definition) is 1. The van der Waals surface area contributed by atoms with E-state index in [1.165, 1.54) is 0 Å².